The molecule has 1 amide bonds. The average Bonchev–Trinajstić information content (AvgIpc) is 2.42. The Morgan fingerprint density at radius 2 is 2.14 bits per heavy atom. The molecule has 1 aliphatic rings. The summed E-state index contributed by atoms with van der Waals surface area (Å²) in [6.07, 6.45) is 3.08. The molecule has 21 heavy (non-hydrogen) atoms. The van der Waals surface area contributed by atoms with Crippen molar-refractivity contribution in [2.45, 2.75) is 25.3 Å². The van der Waals surface area contributed by atoms with E-state index < -0.39 is 27.8 Å². The minimum absolute atomic E-state index is 0.101. The molecule has 0 aromatic heterocycles. The minimum Gasteiger partial charge on any atom is -0.325 e. The summed E-state index contributed by atoms with van der Waals surface area (Å²) in [5.74, 6) is -1.01. The van der Waals surface area contributed by atoms with Crippen LogP contribution in [0.25, 0.3) is 0 Å². The molecular formula is C13H16ClFN2O3S. The average molecular weight is 335 g/mol. The summed E-state index contributed by atoms with van der Waals surface area (Å²) in [6, 6.07) is 3.08. The van der Waals surface area contributed by atoms with Crippen LogP contribution in [-0.2, 0) is 14.8 Å². The third-order valence-electron chi connectivity index (χ3n) is 3.37. The normalized spacial score (nSPS) is 20.2. The van der Waals surface area contributed by atoms with E-state index >= 15 is 0 Å². The second kappa shape index (κ2) is 6.29. The lowest BCUT2D eigenvalue weighted by molar-refractivity contribution is -0.120. The lowest BCUT2D eigenvalue weighted by atomic mass is 10.0. The van der Waals surface area contributed by atoms with Gasteiger partial charge in [-0.05, 0) is 31.0 Å². The van der Waals surface area contributed by atoms with Crippen LogP contribution in [0.4, 0.5) is 10.1 Å². The number of nitrogens with zero attached hydrogens (tertiary/aromatic N) is 1. The van der Waals surface area contributed by atoms with Crippen LogP contribution in [0.5, 0.6) is 0 Å². The summed E-state index contributed by atoms with van der Waals surface area (Å²) >= 11 is 5.65. The Kier molecular flexibility index (Phi) is 4.85. The molecule has 0 saturated carbocycles. The van der Waals surface area contributed by atoms with Gasteiger partial charge in [0.15, 0.2) is 0 Å². The first-order chi connectivity index (χ1) is 9.79. The Hall–Kier alpha value is -1.18. The molecule has 0 spiro atoms. The predicted octanol–water partition coefficient (Wildman–Crippen LogP) is 2.23. The van der Waals surface area contributed by atoms with Crippen LogP contribution in [0.15, 0.2) is 18.2 Å². The van der Waals surface area contributed by atoms with Crippen molar-refractivity contribution in [2.24, 2.45) is 0 Å². The number of rotatable bonds is 3. The van der Waals surface area contributed by atoms with Gasteiger partial charge in [0.1, 0.15) is 11.9 Å². The number of hydrogen-bond donors (Lipinski definition) is 1. The van der Waals surface area contributed by atoms with Gasteiger partial charge in [0.05, 0.1) is 11.3 Å². The van der Waals surface area contributed by atoms with E-state index in [1.165, 1.54) is 16.4 Å². The lowest BCUT2D eigenvalue weighted by Gasteiger charge is -2.32. The molecule has 1 unspecified atom stereocenters. The number of anilines is 1. The van der Waals surface area contributed by atoms with Crippen LogP contribution in [-0.4, -0.2) is 37.5 Å². The second-order valence-electron chi connectivity index (χ2n) is 5.00. The SMILES string of the molecule is CS(=O)(=O)N1CCCCC1C(=O)Nc1ccc(F)c(Cl)c1. The molecule has 1 N–H and O–H groups in total. The standard InChI is InChI=1S/C13H16ClFN2O3S/c1-21(19,20)17-7-3-2-4-12(17)13(18)16-9-5-6-11(15)10(14)8-9/h5-6,8,12H,2-4,7H2,1H3,(H,16,18). The maximum Gasteiger partial charge on any atom is 0.242 e. The van der Waals surface area contributed by atoms with Gasteiger partial charge in [-0.3, -0.25) is 4.79 Å². The zero-order valence-electron chi connectivity index (χ0n) is 11.5. The van der Waals surface area contributed by atoms with Crippen LogP contribution >= 0.6 is 11.6 Å². The van der Waals surface area contributed by atoms with E-state index in [2.05, 4.69) is 5.32 Å². The summed E-state index contributed by atoms with van der Waals surface area (Å²) in [6.45, 7) is 0.334. The molecule has 0 radical (unpaired) electrons. The van der Waals surface area contributed by atoms with Crippen LogP contribution < -0.4 is 5.32 Å². The Morgan fingerprint density at radius 3 is 2.76 bits per heavy atom. The van der Waals surface area contributed by atoms with Crippen LogP contribution in [0.2, 0.25) is 5.02 Å². The maximum absolute atomic E-state index is 13.1. The van der Waals surface area contributed by atoms with Gasteiger partial charge in [-0.2, -0.15) is 4.31 Å². The fourth-order valence-electron chi connectivity index (χ4n) is 2.36. The molecule has 1 aliphatic heterocycles. The molecule has 0 aliphatic carbocycles. The monoisotopic (exact) mass is 334 g/mol. The van der Waals surface area contributed by atoms with Crippen molar-refractivity contribution in [3.8, 4) is 0 Å². The fraction of sp³-hybridized carbons (Fsp3) is 0.462. The van der Waals surface area contributed by atoms with E-state index in [1.54, 1.807) is 0 Å². The molecule has 2 rings (SSSR count). The van der Waals surface area contributed by atoms with Gasteiger partial charge < -0.3 is 5.32 Å². The van der Waals surface area contributed by atoms with Crippen molar-refractivity contribution >= 4 is 33.2 Å². The van der Waals surface area contributed by atoms with Crippen LogP contribution in [0, 0.1) is 5.82 Å². The molecule has 0 bridgehead atoms. The third-order valence-corrected chi connectivity index (χ3v) is 4.95. The Labute approximate surface area is 128 Å². The summed E-state index contributed by atoms with van der Waals surface area (Å²) in [4.78, 5) is 12.3. The first kappa shape index (κ1) is 16.2. The van der Waals surface area contributed by atoms with Gasteiger partial charge in [-0.25, -0.2) is 12.8 Å². The number of carbonyl (C=O) groups excluding carboxylic acids is 1. The largest absolute Gasteiger partial charge is 0.325 e. The molecule has 1 aromatic carbocycles. The predicted molar refractivity (Wildman–Crippen MR) is 79.2 cm³/mol. The lowest BCUT2D eigenvalue weighted by Crippen LogP contribution is -2.49. The molecule has 5 nitrogen and oxygen atoms in total. The van der Waals surface area contributed by atoms with Gasteiger partial charge in [0.25, 0.3) is 0 Å². The zero-order valence-corrected chi connectivity index (χ0v) is 13.0. The van der Waals surface area contributed by atoms with Crippen LogP contribution in [0.1, 0.15) is 19.3 Å². The molecule has 1 aromatic rings. The topological polar surface area (TPSA) is 66.5 Å². The number of nitrogens with one attached hydrogen (secondary N) is 1. The van der Waals surface area contributed by atoms with E-state index in [9.17, 15) is 17.6 Å². The molecule has 116 valence electrons. The number of piperidine rings is 1. The van der Waals surface area contributed by atoms with Gasteiger partial charge in [0.2, 0.25) is 15.9 Å². The highest BCUT2D eigenvalue weighted by Crippen LogP contribution is 2.23. The summed E-state index contributed by atoms with van der Waals surface area (Å²) in [5, 5.41) is 2.49. The molecule has 1 atom stereocenters. The van der Waals surface area contributed by atoms with E-state index in [0.717, 1.165) is 25.2 Å². The molecular weight excluding hydrogens is 319 g/mol. The zero-order chi connectivity index (χ0) is 15.6. The highest BCUT2D eigenvalue weighted by Gasteiger charge is 2.34. The highest BCUT2D eigenvalue weighted by atomic mass is 35.5. The number of sulfonamides is 1. The van der Waals surface area contributed by atoms with Gasteiger partial charge >= 0.3 is 0 Å². The van der Waals surface area contributed by atoms with Crippen molar-refractivity contribution in [2.75, 3.05) is 18.1 Å². The third kappa shape index (κ3) is 3.93. The van der Waals surface area contributed by atoms with Crippen molar-refractivity contribution in [3.05, 3.63) is 29.0 Å². The van der Waals surface area contributed by atoms with E-state index in [0.29, 0.717) is 18.7 Å². The van der Waals surface area contributed by atoms with Crippen molar-refractivity contribution in [1.82, 2.24) is 4.31 Å². The summed E-state index contributed by atoms with van der Waals surface area (Å²) in [5.41, 5.74) is 0.338. The Morgan fingerprint density at radius 1 is 1.43 bits per heavy atom. The van der Waals surface area contributed by atoms with Crippen LogP contribution in [0.3, 0.4) is 0 Å². The van der Waals surface area contributed by atoms with Gasteiger partial charge in [0, 0.05) is 12.2 Å². The molecule has 8 heteroatoms. The number of halogens is 2. The summed E-state index contributed by atoms with van der Waals surface area (Å²) in [7, 11) is -3.44. The van der Waals surface area contributed by atoms with Crippen molar-refractivity contribution in [1.29, 1.82) is 0 Å². The molecule has 1 saturated heterocycles. The number of benzene rings is 1. The smallest absolute Gasteiger partial charge is 0.242 e. The minimum atomic E-state index is -3.44. The first-order valence-corrected chi connectivity index (χ1v) is 8.74. The number of hydrogen-bond acceptors (Lipinski definition) is 3. The number of carbonyl (C=O) groups is 1. The van der Waals surface area contributed by atoms with Gasteiger partial charge in [-0.15, -0.1) is 0 Å². The summed E-state index contributed by atoms with van der Waals surface area (Å²) < 4.78 is 37.7. The van der Waals surface area contributed by atoms with E-state index in [-0.39, 0.29) is 5.02 Å². The first-order valence-electron chi connectivity index (χ1n) is 6.52. The molecule has 1 fully saturated rings. The number of amides is 1. The van der Waals surface area contributed by atoms with Gasteiger partial charge in [-0.1, -0.05) is 18.0 Å². The van der Waals surface area contributed by atoms with Crippen molar-refractivity contribution < 1.29 is 17.6 Å². The van der Waals surface area contributed by atoms with Crippen molar-refractivity contribution in [3.63, 3.8) is 0 Å². The van der Waals surface area contributed by atoms with E-state index in [4.69, 9.17) is 11.6 Å². The maximum atomic E-state index is 13.1. The highest BCUT2D eigenvalue weighted by molar-refractivity contribution is 7.88. The fourth-order valence-corrected chi connectivity index (χ4v) is 3.67. The second-order valence-corrected chi connectivity index (χ2v) is 7.35. The molecule has 1 heterocycles. The quantitative estimate of drug-likeness (QED) is 0.921. The Balaban J connectivity index is 2.16. The van der Waals surface area contributed by atoms with E-state index in [1.807, 2.05) is 0 Å². The Bertz CT molecular complexity index is 651.